The van der Waals surface area contributed by atoms with E-state index in [1.54, 1.807) is 19.9 Å². The summed E-state index contributed by atoms with van der Waals surface area (Å²) < 4.78 is 4.75. The van der Waals surface area contributed by atoms with E-state index in [9.17, 15) is 4.79 Å². The molecule has 0 fully saturated rings. The number of nitrogens with one attached hydrogen (secondary N) is 1. The molecular weight excluding hydrogens is 144 g/mol. The van der Waals surface area contributed by atoms with Crippen LogP contribution in [0, 0.1) is 6.92 Å². The minimum absolute atomic E-state index is 0. The number of aryl methyl sites for hydroxylation is 1. The Morgan fingerprint density at radius 3 is 3.09 bits per heavy atom. The van der Waals surface area contributed by atoms with E-state index in [0.717, 1.165) is 5.69 Å². The molecule has 0 atom stereocenters. The molecule has 1 aromatic rings. The maximum absolute atomic E-state index is 10.8. The highest BCUT2D eigenvalue weighted by molar-refractivity contribution is 5.88. The van der Waals surface area contributed by atoms with Crippen molar-refractivity contribution in [2.45, 2.75) is 20.3 Å². The van der Waals surface area contributed by atoms with Crippen molar-refractivity contribution in [3.63, 3.8) is 0 Å². The third-order valence-electron chi connectivity index (χ3n) is 1.21. The predicted octanol–water partition coefficient (Wildman–Crippen LogP) is 1.58. The molecule has 11 heavy (non-hydrogen) atoms. The summed E-state index contributed by atoms with van der Waals surface area (Å²) in [6.45, 7) is 3.57. The quantitative estimate of drug-likeness (QED) is 0.707. The van der Waals surface area contributed by atoms with Crippen LogP contribution in [-0.4, -0.2) is 11.1 Å². The number of nitrogens with zero attached hydrogens (tertiary/aromatic N) is 1. The highest BCUT2D eigenvalue weighted by Gasteiger charge is 2.02. The molecule has 0 radical (unpaired) electrons. The number of carbonyl (C=O) groups is 1. The molecule has 0 unspecified atom stereocenters. The van der Waals surface area contributed by atoms with Gasteiger partial charge in [-0.25, -0.2) is 0 Å². The zero-order valence-corrected chi connectivity index (χ0v) is 6.55. The fourth-order valence-electron chi connectivity index (χ4n) is 0.648. The molecule has 0 aromatic carbocycles. The van der Waals surface area contributed by atoms with Gasteiger partial charge in [0.15, 0.2) is 0 Å². The summed E-state index contributed by atoms with van der Waals surface area (Å²) in [5.41, 5.74) is 0.761. The molecule has 0 saturated heterocycles. The van der Waals surface area contributed by atoms with Crippen molar-refractivity contribution in [3.05, 3.63) is 11.8 Å². The molecule has 0 aliphatic rings. The number of aromatic nitrogens is 1. The second-order valence-corrected chi connectivity index (χ2v) is 2.23. The molecule has 0 aliphatic heterocycles. The summed E-state index contributed by atoms with van der Waals surface area (Å²) in [6, 6.07) is 1.67. The Balaban J connectivity index is 0.00000121. The van der Waals surface area contributed by atoms with Crippen LogP contribution in [0.1, 0.15) is 20.5 Å². The van der Waals surface area contributed by atoms with Crippen LogP contribution in [0.4, 0.5) is 5.88 Å². The fourth-order valence-corrected chi connectivity index (χ4v) is 0.648. The number of rotatable bonds is 2. The van der Waals surface area contributed by atoms with Crippen molar-refractivity contribution < 1.29 is 10.7 Å². The average molecular weight is 156 g/mol. The van der Waals surface area contributed by atoms with Crippen LogP contribution in [0.3, 0.4) is 0 Å². The van der Waals surface area contributed by atoms with Gasteiger partial charge in [-0.3, -0.25) is 10.1 Å². The Morgan fingerprint density at radius 2 is 2.64 bits per heavy atom. The number of carbonyl (C=O) groups excluding carboxylic acids is 1. The summed E-state index contributed by atoms with van der Waals surface area (Å²) in [7, 11) is 0. The minimum Gasteiger partial charge on any atom is -0.338 e. The van der Waals surface area contributed by atoms with Crippen LogP contribution in [0.25, 0.3) is 0 Å². The van der Waals surface area contributed by atoms with E-state index in [1.807, 2.05) is 0 Å². The zero-order valence-electron chi connectivity index (χ0n) is 6.55. The van der Waals surface area contributed by atoms with Gasteiger partial charge in [0.2, 0.25) is 11.8 Å². The molecule has 62 valence electrons. The molecule has 0 saturated carbocycles. The number of hydrogen-bond acceptors (Lipinski definition) is 3. The molecule has 1 heterocycles. The summed E-state index contributed by atoms with van der Waals surface area (Å²) >= 11 is 0. The molecule has 0 aliphatic carbocycles. The Hall–Kier alpha value is -1.32. The third-order valence-corrected chi connectivity index (χ3v) is 1.21. The lowest BCUT2D eigenvalue weighted by Gasteiger charge is -1.94. The van der Waals surface area contributed by atoms with E-state index in [2.05, 4.69) is 10.5 Å². The maximum atomic E-state index is 10.8. The van der Waals surface area contributed by atoms with Crippen molar-refractivity contribution in [1.29, 1.82) is 0 Å². The lowest BCUT2D eigenvalue weighted by molar-refractivity contribution is -0.116. The highest BCUT2D eigenvalue weighted by atomic mass is 16.5. The van der Waals surface area contributed by atoms with Gasteiger partial charge in [-0.15, -0.1) is 0 Å². The van der Waals surface area contributed by atoms with E-state index in [-0.39, 0.29) is 7.33 Å². The molecule has 1 aromatic heterocycles. The summed E-state index contributed by atoms with van der Waals surface area (Å²) in [5.74, 6) is 0.343. The van der Waals surface area contributed by atoms with E-state index in [1.165, 1.54) is 0 Å². The Kier molecular flexibility index (Phi) is 2.25. The highest BCUT2D eigenvalue weighted by Crippen LogP contribution is 2.07. The van der Waals surface area contributed by atoms with Crippen molar-refractivity contribution in [2.24, 2.45) is 0 Å². The third kappa shape index (κ3) is 2.07. The SMILES string of the molecule is CCC(=O)Nc1cc(C)no1.[HH]. The van der Waals surface area contributed by atoms with Crippen LogP contribution < -0.4 is 5.32 Å². The lowest BCUT2D eigenvalue weighted by Crippen LogP contribution is -2.08. The second kappa shape index (κ2) is 3.18. The Labute approximate surface area is 66.1 Å². The molecular formula is C7H12N2O2. The smallest absolute Gasteiger partial charge is 0.231 e. The molecule has 4 heteroatoms. The van der Waals surface area contributed by atoms with Gasteiger partial charge in [-0.1, -0.05) is 12.1 Å². The second-order valence-electron chi connectivity index (χ2n) is 2.23. The van der Waals surface area contributed by atoms with E-state index < -0.39 is 0 Å². The first-order valence-corrected chi connectivity index (χ1v) is 3.45. The first-order chi connectivity index (χ1) is 5.22. The first-order valence-electron chi connectivity index (χ1n) is 3.45. The number of hydrogen-bond donors (Lipinski definition) is 1. The zero-order chi connectivity index (χ0) is 8.27. The largest absolute Gasteiger partial charge is 0.338 e. The molecule has 4 nitrogen and oxygen atoms in total. The first kappa shape index (κ1) is 7.78. The van der Waals surface area contributed by atoms with Gasteiger partial charge in [0.1, 0.15) is 0 Å². The molecule has 1 N–H and O–H groups in total. The summed E-state index contributed by atoms with van der Waals surface area (Å²) in [4.78, 5) is 10.8. The Bertz CT molecular complexity index is 260. The van der Waals surface area contributed by atoms with Gasteiger partial charge >= 0.3 is 0 Å². The van der Waals surface area contributed by atoms with Crippen molar-refractivity contribution >= 4 is 11.8 Å². The van der Waals surface area contributed by atoms with Crippen LogP contribution in [0.5, 0.6) is 0 Å². The predicted molar refractivity (Wildman–Crippen MR) is 42.3 cm³/mol. The normalized spacial score (nSPS) is 9.64. The van der Waals surface area contributed by atoms with E-state index in [0.29, 0.717) is 12.3 Å². The maximum Gasteiger partial charge on any atom is 0.231 e. The van der Waals surface area contributed by atoms with Gasteiger partial charge < -0.3 is 4.52 Å². The summed E-state index contributed by atoms with van der Waals surface area (Å²) in [6.07, 6.45) is 0.444. The minimum atomic E-state index is -0.0684. The van der Waals surface area contributed by atoms with Gasteiger partial charge in [-0.05, 0) is 6.92 Å². The van der Waals surface area contributed by atoms with Gasteiger partial charge in [-0.2, -0.15) is 0 Å². The molecule has 1 rings (SSSR count). The molecule has 0 spiro atoms. The van der Waals surface area contributed by atoms with Crippen LogP contribution in [0.2, 0.25) is 0 Å². The van der Waals surface area contributed by atoms with Crippen LogP contribution in [-0.2, 0) is 4.79 Å². The van der Waals surface area contributed by atoms with Crippen LogP contribution >= 0.6 is 0 Å². The number of anilines is 1. The lowest BCUT2D eigenvalue weighted by atomic mass is 10.4. The van der Waals surface area contributed by atoms with Gasteiger partial charge in [0.05, 0.1) is 5.69 Å². The van der Waals surface area contributed by atoms with Crippen molar-refractivity contribution in [2.75, 3.05) is 5.32 Å². The average Bonchev–Trinajstić information content (AvgIpc) is 2.35. The van der Waals surface area contributed by atoms with Crippen LogP contribution in [0.15, 0.2) is 10.6 Å². The van der Waals surface area contributed by atoms with Gasteiger partial charge in [0, 0.05) is 13.9 Å². The fraction of sp³-hybridized carbons (Fsp3) is 0.429. The van der Waals surface area contributed by atoms with Crippen molar-refractivity contribution in [3.8, 4) is 0 Å². The van der Waals surface area contributed by atoms with Gasteiger partial charge in [0.25, 0.3) is 0 Å². The van der Waals surface area contributed by atoms with E-state index >= 15 is 0 Å². The number of amides is 1. The Morgan fingerprint density at radius 1 is 1.91 bits per heavy atom. The molecule has 0 bridgehead atoms. The monoisotopic (exact) mass is 156 g/mol. The topological polar surface area (TPSA) is 55.1 Å². The van der Waals surface area contributed by atoms with Crippen molar-refractivity contribution in [1.82, 2.24) is 5.16 Å². The standard InChI is InChI=1S/C7H10N2O2.H2/c1-3-6(10)8-7-4-5(2)9-11-7;/h4H,3H2,1-2H3,(H,8,10);1H. The van der Waals surface area contributed by atoms with E-state index in [4.69, 9.17) is 4.52 Å². The molecule has 1 amide bonds. The summed E-state index contributed by atoms with van der Waals surface area (Å²) in [5, 5.41) is 6.16.